The molecule has 9 heteroatoms. The minimum absolute atomic E-state index is 0.365. The van der Waals surface area contributed by atoms with Crippen LogP contribution in [-0.4, -0.2) is 39.9 Å². The zero-order valence-electron chi connectivity index (χ0n) is 16.0. The van der Waals surface area contributed by atoms with E-state index in [0.717, 1.165) is 5.56 Å². The number of nitrogens with one attached hydrogen (secondary N) is 1. The van der Waals surface area contributed by atoms with E-state index in [1.165, 1.54) is 28.4 Å². The van der Waals surface area contributed by atoms with Crippen molar-refractivity contribution in [1.82, 2.24) is 5.32 Å². The zero-order valence-corrected chi connectivity index (χ0v) is 17.7. The molecule has 0 spiro atoms. The fourth-order valence-corrected chi connectivity index (χ4v) is 4.90. The molecule has 0 aliphatic carbocycles. The lowest BCUT2D eigenvalue weighted by Gasteiger charge is -2.25. The molecule has 0 amide bonds. The maximum atomic E-state index is 12.8. The second-order valence-electron chi connectivity index (χ2n) is 5.60. The SMILES string of the molecule is COP(=O)(OC)C(C)/C=C/CC(NCc1ccccc1)P(=O)(OC)OC. The molecule has 148 valence electrons. The third-order valence-electron chi connectivity index (χ3n) is 4.06. The van der Waals surface area contributed by atoms with Crippen molar-refractivity contribution >= 4 is 15.2 Å². The van der Waals surface area contributed by atoms with Gasteiger partial charge < -0.3 is 18.1 Å². The lowest BCUT2D eigenvalue weighted by atomic mass is 10.2. The van der Waals surface area contributed by atoms with Gasteiger partial charge in [-0.1, -0.05) is 42.5 Å². The molecule has 0 saturated heterocycles. The van der Waals surface area contributed by atoms with Crippen molar-refractivity contribution < 1.29 is 27.2 Å². The summed E-state index contributed by atoms with van der Waals surface area (Å²) >= 11 is 0. The van der Waals surface area contributed by atoms with Gasteiger partial charge in [-0.15, -0.1) is 0 Å². The van der Waals surface area contributed by atoms with Gasteiger partial charge in [0, 0.05) is 35.0 Å². The fourth-order valence-electron chi connectivity index (χ4n) is 2.40. The maximum Gasteiger partial charge on any atom is 0.347 e. The van der Waals surface area contributed by atoms with Crippen LogP contribution in [0.1, 0.15) is 18.9 Å². The van der Waals surface area contributed by atoms with Crippen molar-refractivity contribution in [1.29, 1.82) is 0 Å². The first-order chi connectivity index (χ1) is 12.3. The van der Waals surface area contributed by atoms with Crippen LogP contribution in [-0.2, 0) is 33.8 Å². The molecule has 0 saturated carbocycles. The molecule has 26 heavy (non-hydrogen) atoms. The lowest BCUT2D eigenvalue weighted by molar-refractivity contribution is 0.258. The van der Waals surface area contributed by atoms with Crippen LogP contribution >= 0.6 is 15.2 Å². The Hall–Kier alpha value is -0.780. The van der Waals surface area contributed by atoms with Gasteiger partial charge in [-0.2, -0.15) is 0 Å². The van der Waals surface area contributed by atoms with E-state index in [-0.39, 0.29) is 0 Å². The van der Waals surface area contributed by atoms with E-state index < -0.39 is 26.6 Å². The van der Waals surface area contributed by atoms with E-state index >= 15 is 0 Å². The highest BCUT2D eigenvalue weighted by Gasteiger charge is 2.33. The third kappa shape index (κ3) is 6.43. The number of allylic oxidation sites excluding steroid dienone is 1. The van der Waals surface area contributed by atoms with Gasteiger partial charge in [-0.05, 0) is 18.9 Å². The summed E-state index contributed by atoms with van der Waals surface area (Å²) in [6.07, 6.45) is 3.87. The standard InChI is InChI=1S/C17H29NO6P2/c1-15(25(19,21-2)22-3)10-9-13-17(26(20,23-4)24-5)18-14-16-11-7-6-8-12-16/h6-12,15,17-18H,13-14H2,1-5H3/b10-9+. The quantitative estimate of drug-likeness (QED) is 0.407. The highest BCUT2D eigenvalue weighted by Crippen LogP contribution is 2.53. The molecule has 2 unspecified atom stereocenters. The lowest BCUT2D eigenvalue weighted by Crippen LogP contribution is -2.29. The van der Waals surface area contributed by atoms with Crippen LogP contribution in [0, 0.1) is 0 Å². The van der Waals surface area contributed by atoms with E-state index in [2.05, 4.69) is 5.32 Å². The van der Waals surface area contributed by atoms with Gasteiger partial charge in [-0.25, -0.2) is 0 Å². The fraction of sp³-hybridized carbons (Fsp3) is 0.529. The van der Waals surface area contributed by atoms with Gasteiger partial charge in [0.05, 0.1) is 5.66 Å². The van der Waals surface area contributed by atoms with Crippen molar-refractivity contribution in [2.75, 3.05) is 28.4 Å². The van der Waals surface area contributed by atoms with Gasteiger partial charge >= 0.3 is 15.2 Å². The average molecular weight is 405 g/mol. The van der Waals surface area contributed by atoms with Crippen LogP contribution in [0.4, 0.5) is 0 Å². The topological polar surface area (TPSA) is 83.1 Å². The Labute approximate surface area is 156 Å². The minimum Gasteiger partial charge on any atom is -0.312 e. The van der Waals surface area contributed by atoms with Gasteiger partial charge in [0.15, 0.2) is 0 Å². The minimum atomic E-state index is -3.34. The van der Waals surface area contributed by atoms with E-state index in [1.54, 1.807) is 19.1 Å². The molecule has 7 nitrogen and oxygen atoms in total. The first-order valence-electron chi connectivity index (χ1n) is 8.21. The molecule has 0 radical (unpaired) electrons. The molecular weight excluding hydrogens is 376 g/mol. The van der Waals surface area contributed by atoms with Gasteiger partial charge in [-0.3, -0.25) is 14.4 Å². The van der Waals surface area contributed by atoms with Crippen LogP contribution in [0.15, 0.2) is 42.5 Å². The van der Waals surface area contributed by atoms with E-state index in [0.29, 0.717) is 13.0 Å². The second kappa shape index (κ2) is 11.2. The highest BCUT2D eigenvalue weighted by molar-refractivity contribution is 7.55. The zero-order chi connectivity index (χ0) is 19.6. The molecule has 0 aliphatic heterocycles. The summed E-state index contributed by atoms with van der Waals surface area (Å²) < 4.78 is 45.4. The monoisotopic (exact) mass is 405 g/mol. The van der Waals surface area contributed by atoms with Crippen LogP contribution in [0.3, 0.4) is 0 Å². The summed E-state index contributed by atoms with van der Waals surface area (Å²) in [6.45, 7) is 2.25. The number of benzene rings is 1. The Morgan fingerprint density at radius 3 is 2.00 bits per heavy atom. The molecular formula is C17H29NO6P2. The molecule has 0 aromatic heterocycles. The van der Waals surface area contributed by atoms with Crippen molar-refractivity contribution in [3.05, 3.63) is 48.0 Å². The molecule has 0 bridgehead atoms. The largest absolute Gasteiger partial charge is 0.347 e. The first-order valence-corrected chi connectivity index (χ1v) is 11.4. The summed E-state index contributed by atoms with van der Waals surface area (Å²) in [5.41, 5.74) is 0.619. The molecule has 0 heterocycles. The summed E-state index contributed by atoms with van der Waals surface area (Å²) in [4.78, 5) is 0. The van der Waals surface area contributed by atoms with Gasteiger partial charge in [0.1, 0.15) is 5.78 Å². The number of rotatable bonds is 12. The van der Waals surface area contributed by atoms with Crippen LogP contribution in [0.25, 0.3) is 0 Å². The first kappa shape index (κ1) is 23.3. The summed E-state index contributed by atoms with van der Waals surface area (Å²) in [5, 5.41) is 3.22. The third-order valence-corrected chi connectivity index (χ3v) is 8.42. The average Bonchev–Trinajstić information content (AvgIpc) is 2.69. The normalized spacial score (nSPS) is 15.3. The van der Waals surface area contributed by atoms with Crippen molar-refractivity contribution in [3.8, 4) is 0 Å². The summed E-state index contributed by atoms with van der Waals surface area (Å²) in [7, 11) is -1.11. The van der Waals surface area contributed by atoms with Crippen LogP contribution in [0.2, 0.25) is 0 Å². The number of hydrogen-bond acceptors (Lipinski definition) is 7. The Balaban J connectivity index is 2.84. The smallest absolute Gasteiger partial charge is 0.312 e. The van der Waals surface area contributed by atoms with Gasteiger partial charge in [0.25, 0.3) is 0 Å². The Kier molecular flexibility index (Phi) is 9.98. The number of hydrogen-bond donors (Lipinski definition) is 1. The molecule has 0 aliphatic rings. The molecule has 2 atom stereocenters. The highest BCUT2D eigenvalue weighted by atomic mass is 31.2. The molecule has 1 rings (SSSR count). The Morgan fingerprint density at radius 1 is 0.962 bits per heavy atom. The predicted molar refractivity (Wildman–Crippen MR) is 104 cm³/mol. The molecule has 0 fully saturated rings. The summed E-state index contributed by atoms with van der Waals surface area (Å²) in [5.74, 6) is -0.550. The van der Waals surface area contributed by atoms with Gasteiger partial charge in [0.2, 0.25) is 0 Å². The second-order valence-corrected chi connectivity index (χ2v) is 10.7. The van der Waals surface area contributed by atoms with E-state index in [4.69, 9.17) is 18.1 Å². The van der Waals surface area contributed by atoms with E-state index in [1.807, 2.05) is 30.3 Å². The molecule has 1 N–H and O–H groups in total. The summed E-state index contributed by atoms with van der Waals surface area (Å²) in [6, 6.07) is 9.75. The van der Waals surface area contributed by atoms with Crippen molar-refractivity contribution in [2.24, 2.45) is 0 Å². The van der Waals surface area contributed by atoms with Crippen LogP contribution < -0.4 is 5.32 Å². The molecule has 1 aromatic rings. The Morgan fingerprint density at radius 2 is 1.50 bits per heavy atom. The Bertz CT molecular complexity index is 636. The van der Waals surface area contributed by atoms with Crippen molar-refractivity contribution in [2.45, 2.75) is 31.3 Å². The van der Waals surface area contributed by atoms with Crippen LogP contribution in [0.5, 0.6) is 0 Å². The van der Waals surface area contributed by atoms with Crippen molar-refractivity contribution in [3.63, 3.8) is 0 Å². The predicted octanol–water partition coefficient (Wildman–Crippen LogP) is 4.41. The maximum absolute atomic E-state index is 12.8. The van der Waals surface area contributed by atoms with E-state index in [9.17, 15) is 9.13 Å². The molecule has 1 aromatic carbocycles.